The number of rotatable bonds is 12. The molecule has 0 N–H and O–H groups in total. The molecule has 0 saturated carbocycles. The van der Waals surface area contributed by atoms with Crippen LogP contribution in [0.3, 0.4) is 0 Å². The fourth-order valence-corrected chi connectivity index (χ4v) is 22.4. The Kier molecular flexibility index (Phi) is 10.00. The van der Waals surface area contributed by atoms with E-state index in [2.05, 4.69) is 143 Å². The van der Waals surface area contributed by atoms with Crippen molar-refractivity contribution in [2.45, 2.75) is 50.2 Å². The van der Waals surface area contributed by atoms with Gasteiger partial charge < -0.3 is 0 Å². The van der Waals surface area contributed by atoms with E-state index in [1.165, 1.54) is 72.3 Å². The average molecular weight is 679 g/mol. The number of unbranched alkanes of at least 4 members (excludes halogenated alkanes) is 2. The van der Waals surface area contributed by atoms with Crippen molar-refractivity contribution in [3.63, 3.8) is 0 Å². The van der Waals surface area contributed by atoms with Crippen molar-refractivity contribution in [2.75, 3.05) is 19.9 Å². The van der Waals surface area contributed by atoms with Gasteiger partial charge in [-0.25, -0.2) is 0 Å². The van der Waals surface area contributed by atoms with Crippen molar-refractivity contribution < 1.29 is 4.74 Å². The quantitative estimate of drug-likeness (QED) is 0.0633. The molecular weight excluding hydrogens is 634 g/mol. The topological polar surface area (TPSA) is 9.23 Å². The molecule has 0 bridgehead atoms. The Labute approximate surface area is 256 Å². The zero-order chi connectivity index (χ0) is 27.8. The van der Waals surface area contributed by atoms with Crippen molar-refractivity contribution in [3.05, 3.63) is 121 Å². The summed E-state index contributed by atoms with van der Waals surface area (Å²) < 4.78 is 2.61. The molecule has 1 heterocycles. The van der Waals surface area contributed by atoms with Crippen molar-refractivity contribution >= 4 is 55.5 Å². The summed E-state index contributed by atoms with van der Waals surface area (Å²) in [5.41, 5.74) is 0. The van der Waals surface area contributed by atoms with Crippen LogP contribution in [0, 0.1) is 5.92 Å². The van der Waals surface area contributed by atoms with E-state index in [4.69, 9.17) is 4.74 Å². The number of hydrogen-bond acceptors (Lipinski definition) is 1. The summed E-state index contributed by atoms with van der Waals surface area (Å²) in [5, 5.41) is 6.24. The number of halogens is 1. The molecule has 0 aromatic heterocycles. The van der Waals surface area contributed by atoms with Gasteiger partial charge in [-0.2, -0.15) is 0 Å². The molecule has 1 nitrogen and oxygen atoms in total. The zero-order valence-electron chi connectivity index (χ0n) is 23.9. The zero-order valence-corrected chi connectivity index (χ0v) is 28.0. The van der Waals surface area contributed by atoms with Crippen LogP contribution < -0.4 is 21.1 Å². The van der Waals surface area contributed by atoms with E-state index in [1.807, 2.05) is 7.11 Å². The van der Waals surface area contributed by atoms with E-state index in [-0.39, 0.29) is 0 Å². The summed E-state index contributed by atoms with van der Waals surface area (Å²) in [4.78, 5) is 0. The number of methoxy groups -OCH3 is 1. The number of benzene rings is 4. The molecular formula is C36H44IOPSi. The van der Waals surface area contributed by atoms with Gasteiger partial charge >= 0.3 is 258 Å². The number of hydrogen-bond donors (Lipinski definition) is 0. The molecule has 4 aromatic carbocycles. The Morgan fingerprint density at radius 3 is 1.55 bits per heavy atom. The molecule has 0 atom stereocenters. The van der Waals surface area contributed by atoms with E-state index in [0.29, 0.717) is 0 Å². The standard InChI is InChI=1S/C36H44IOPSi/c1-38-27-15-6-16-28-40(36-23-13-5-14-24-36)29-25-32(26-30-40)31-39(37,33-17-7-2-8-18-33,34-19-9-3-10-20-34)35-21-11-4-12-22-35/h2-5,7-14,17-24,32H,6,15-16,25-31H2,1H3. The Morgan fingerprint density at radius 2 is 1.10 bits per heavy atom. The van der Waals surface area contributed by atoms with E-state index < -0.39 is 12.3 Å². The molecule has 1 fully saturated rings. The minimum absolute atomic E-state index is 0.730. The molecule has 40 heavy (non-hydrogen) atoms. The average Bonchev–Trinajstić information content (AvgIpc) is 3.03. The van der Waals surface area contributed by atoms with Crippen molar-refractivity contribution in [1.29, 1.82) is 0 Å². The molecule has 0 amide bonds. The third kappa shape index (κ3) is 6.04. The first-order chi connectivity index (χ1) is 19.6. The molecule has 0 spiro atoms. The first-order valence-electron chi connectivity index (χ1n) is 15.0. The summed E-state index contributed by atoms with van der Waals surface area (Å²) in [6, 6.07) is 50.4. The van der Waals surface area contributed by atoms with Crippen molar-refractivity contribution in [1.82, 2.24) is 0 Å². The molecule has 4 heteroatoms. The maximum absolute atomic E-state index is 5.34. The Bertz CT molecular complexity index is 1210. The van der Waals surface area contributed by atoms with Crippen LogP contribution in [-0.2, 0) is 4.74 Å². The van der Waals surface area contributed by atoms with E-state index >= 15 is 0 Å². The van der Waals surface area contributed by atoms with Crippen LogP contribution in [0.4, 0.5) is 0 Å². The van der Waals surface area contributed by atoms with Crippen LogP contribution >= 0.6 is 26.3 Å². The molecule has 0 unspecified atom stereocenters. The fraction of sp³-hybridized carbons (Fsp3) is 0.333. The molecule has 1 aliphatic rings. The summed E-state index contributed by atoms with van der Waals surface area (Å²) in [6.45, 7) is 0.892. The van der Waals surface area contributed by atoms with Gasteiger partial charge in [0.2, 0.25) is 0 Å². The van der Waals surface area contributed by atoms with Gasteiger partial charge in [-0.05, 0) is 0 Å². The Morgan fingerprint density at radius 1 is 0.650 bits per heavy atom. The number of ether oxygens (including phenoxy) is 1. The molecule has 0 radical (unpaired) electrons. The van der Waals surface area contributed by atoms with E-state index in [1.54, 1.807) is 5.19 Å². The summed E-state index contributed by atoms with van der Waals surface area (Å²) >= 11 is 2.99. The Hall–Kier alpha value is -1.78. The van der Waals surface area contributed by atoms with Gasteiger partial charge in [0.25, 0.3) is 0 Å². The predicted octanol–water partition coefficient (Wildman–Crippen LogP) is 8.45. The van der Waals surface area contributed by atoms with Gasteiger partial charge in [0, 0.05) is 0 Å². The molecule has 0 aliphatic carbocycles. The third-order valence-electron chi connectivity index (χ3n) is 9.44. The van der Waals surface area contributed by atoms with Crippen LogP contribution in [-0.4, -0.2) is 28.0 Å². The second-order valence-electron chi connectivity index (χ2n) is 11.8. The predicted molar refractivity (Wildman–Crippen MR) is 189 cm³/mol. The van der Waals surface area contributed by atoms with Crippen LogP contribution in [0.5, 0.6) is 0 Å². The first kappa shape index (κ1) is 29.7. The second kappa shape index (κ2) is 13.5. The van der Waals surface area contributed by atoms with Gasteiger partial charge in [0.1, 0.15) is 0 Å². The van der Waals surface area contributed by atoms with Crippen molar-refractivity contribution in [2.24, 2.45) is 5.92 Å². The van der Waals surface area contributed by atoms with Crippen LogP contribution in [0.25, 0.3) is 0 Å². The minimum atomic E-state index is -2.73. The van der Waals surface area contributed by atoms with Crippen LogP contribution in [0.1, 0.15) is 32.1 Å². The third-order valence-corrected chi connectivity index (χ3v) is 26.3. The molecule has 210 valence electrons. The van der Waals surface area contributed by atoms with Gasteiger partial charge in [0.05, 0.1) is 0 Å². The van der Waals surface area contributed by atoms with Crippen molar-refractivity contribution in [3.8, 4) is 0 Å². The molecule has 4 aromatic rings. The summed E-state index contributed by atoms with van der Waals surface area (Å²) in [6.07, 6.45) is 7.78. The van der Waals surface area contributed by atoms with E-state index in [0.717, 1.165) is 12.5 Å². The van der Waals surface area contributed by atoms with Crippen LogP contribution in [0.15, 0.2) is 121 Å². The summed E-state index contributed by atoms with van der Waals surface area (Å²) in [5.74, 6) is 0.730. The van der Waals surface area contributed by atoms with Crippen LogP contribution in [0.2, 0.25) is 18.1 Å². The maximum atomic E-state index is 5.34. The van der Waals surface area contributed by atoms with Gasteiger partial charge in [-0.1, -0.05) is 0 Å². The molecule has 5 rings (SSSR count). The molecule has 1 aliphatic heterocycles. The summed E-state index contributed by atoms with van der Waals surface area (Å²) in [7, 11) is 0.297. The fourth-order valence-electron chi connectivity index (χ4n) is 7.24. The SMILES string of the molecule is COCCCCC[Si]1(c2ccccc2)CCC(CP(I)(c2ccccc2)(c2ccccc2)c2ccccc2)CC1. The van der Waals surface area contributed by atoms with E-state index in [9.17, 15) is 0 Å². The molecule has 1 saturated heterocycles. The van der Waals surface area contributed by atoms with Gasteiger partial charge in [-0.3, -0.25) is 0 Å². The Balaban J connectivity index is 1.49. The normalized spacial score (nSPS) is 20.4. The monoisotopic (exact) mass is 678 g/mol. The second-order valence-corrected chi connectivity index (χ2v) is 27.1. The first-order valence-corrected chi connectivity index (χ1v) is 22.9. The van der Waals surface area contributed by atoms with Gasteiger partial charge in [-0.15, -0.1) is 0 Å². The van der Waals surface area contributed by atoms with Gasteiger partial charge in [0.15, 0.2) is 0 Å².